The van der Waals surface area contributed by atoms with Gasteiger partial charge < -0.3 is 14.2 Å². The van der Waals surface area contributed by atoms with Crippen molar-refractivity contribution < 1.29 is 14.2 Å². The molecule has 0 aliphatic rings. The lowest BCUT2D eigenvalue weighted by molar-refractivity contribution is -0.171. The summed E-state index contributed by atoms with van der Waals surface area (Å²) >= 11 is 5.91. The van der Waals surface area contributed by atoms with Gasteiger partial charge in [-0.3, -0.25) is 0 Å². The lowest BCUT2D eigenvalue weighted by Crippen LogP contribution is -2.30. The van der Waals surface area contributed by atoms with Crippen LogP contribution < -0.4 is 0 Å². The van der Waals surface area contributed by atoms with Crippen LogP contribution in [0, 0.1) is 0 Å². The first-order valence-electron chi connectivity index (χ1n) is 4.57. The van der Waals surface area contributed by atoms with Crippen LogP contribution in [0.25, 0.3) is 0 Å². The van der Waals surface area contributed by atoms with Crippen LogP contribution in [0.5, 0.6) is 0 Å². The van der Waals surface area contributed by atoms with Crippen LogP contribution in [-0.2, 0) is 14.2 Å². The summed E-state index contributed by atoms with van der Waals surface area (Å²) in [6, 6.07) is 0. The molecule has 4 heteroatoms. The summed E-state index contributed by atoms with van der Waals surface area (Å²) in [7, 11) is 0. The summed E-state index contributed by atoms with van der Waals surface area (Å²) in [6.45, 7) is 11.6. The largest absolute Gasteiger partial charge is 0.353 e. The van der Waals surface area contributed by atoms with Crippen LogP contribution in [0.3, 0.4) is 0 Å². The Labute approximate surface area is 96.0 Å². The Morgan fingerprint density at radius 2 is 1.27 bits per heavy atom. The summed E-state index contributed by atoms with van der Waals surface area (Å²) < 4.78 is 15.7. The van der Waals surface area contributed by atoms with E-state index in [-0.39, 0.29) is 0 Å². The number of hydrogen-bond acceptors (Lipinski definition) is 3. The highest BCUT2D eigenvalue weighted by Gasteiger charge is 2.20. The number of rotatable bonds is 10. The highest BCUT2D eigenvalue weighted by atomic mass is 35.5. The second-order valence-corrected chi connectivity index (χ2v) is 3.02. The van der Waals surface area contributed by atoms with Crippen LogP contribution in [0.2, 0.25) is 0 Å². The predicted molar refractivity (Wildman–Crippen MR) is 61.9 cm³/mol. The Morgan fingerprint density at radius 1 is 0.867 bits per heavy atom. The van der Waals surface area contributed by atoms with Gasteiger partial charge in [-0.2, -0.15) is 0 Å². The quantitative estimate of drug-likeness (QED) is 0.329. The summed E-state index contributed by atoms with van der Waals surface area (Å²) in [5, 5.41) is 0. The average molecular weight is 233 g/mol. The molecule has 0 saturated heterocycles. The van der Waals surface area contributed by atoms with E-state index in [0.29, 0.717) is 19.8 Å². The van der Waals surface area contributed by atoms with Gasteiger partial charge in [-0.05, 0) is 0 Å². The van der Waals surface area contributed by atoms with Gasteiger partial charge in [-0.15, -0.1) is 19.7 Å². The Hall–Kier alpha value is -0.610. The Balaban J connectivity index is 3.99. The van der Waals surface area contributed by atoms with Crippen molar-refractivity contribution in [3.05, 3.63) is 38.0 Å². The van der Waals surface area contributed by atoms with Gasteiger partial charge in [0.15, 0.2) is 11.9 Å². The van der Waals surface area contributed by atoms with E-state index >= 15 is 0 Å². The van der Waals surface area contributed by atoms with Crippen LogP contribution in [-0.4, -0.2) is 31.7 Å². The van der Waals surface area contributed by atoms with Gasteiger partial charge in [-0.25, -0.2) is 0 Å². The van der Waals surface area contributed by atoms with Gasteiger partial charge in [0, 0.05) is 0 Å². The number of hydrogen-bond donors (Lipinski definition) is 0. The van der Waals surface area contributed by atoms with Crippen molar-refractivity contribution in [1.82, 2.24) is 0 Å². The van der Waals surface area contributed by atoms with Gasteiger partial charge in [0.1, 0.15) is 0 Å². The van der Waals surface area contributed by atoms with Crippen LogP contribution in [0.15, 0.2) is 38.0 Å². The van der Waals surface area contributed by atoms with Gasteiger partial charge in [0.25, 0.3) is 0 Å². The molecule has 0 saturated carbocycles. The lowest BCUT2D eigenvalue weighted by atomic mass is 10.6. The van der Waals surface area contributed by atoms with E-state index in [4.69, 9.17) is 25.8 Å². The Kier molecular flexibility index (Phi) is 9.52. The topological polar surface area (TPSA) is 27.7 Å². The molecule has 0 spiro atoms. The molecule has 0 aliphatic heterocycles. The third-order valence-corrected chi connectivity index (χ3v) is 1.68. The highest BCUT2D eigenvalue weighted by molar-refractivity contribution is 6.20. The monoisotopic (exact) mass is 232 g/mol. The van der Waals surface area contributed by atoms with E-state index in [2.05, 4.69) is 19.7 Å². The third kappa shape index (κ3) is 7.33. The molecule has 0 aromatic heterocycles. The average Bonchev–Trinajstić information content (AvgIpc) is 2.26. The van der Waals surface area contributed by atoms with E-state index in [1.54, 1.807) is 18.2 Å². The van der Waals surface area contributed by atoms with E-state index in [1.165, 1.54) is 0 Å². The summed E-state index contributed by atoms with van der Waals surface area (Å²) in [4.78, 5) is 0. The van der Waals surface area contributed by atoms with Crippen molar-refractivity contribution in [1.29, 1.82) is 0 Å². The van der Waals surface area contributed by atoms with E-state index in [1.807, 2.05) is 0 Å². The molecule has 0 bridgehead atoms. The molecule has 1 atom stereocenters. The zero-order valence-electron chi connectivity index (χ0n) is 8.73. The first-order valence-corrected chi connectivity index (χ1v) is 5.01. The minimum Gasteiger partial charge on any atom is -0.353 e. The van der Waals surface area contributed by atoms with Crippen molar-refractivity contribution >= 4 is 11.6 Å². The van der Waals surface area contributed by atoms with Crippen LogP contribution >= 0.6 is 11.6 Å². The first-order chi connectivity index (χ1) is 7.26. The smallest absolute Gasteiger partial charge is 0.198 e. The molecule has 0 fully saturated rings. The fourth-order valence-corrected chi connectivity index (χ4v) is 0.982. The number of alkyl halides is 1. The van der Waals surface area contributed by atoms with Crippen molar-refractivity contribution in [3.63, 3.8) is 0 Å². The van der Waals surface area contributed by atoms with Gasteiger partial charge in [0.05, 0.1) is 19.8 Å². The summed E-state index contributed by atoms with van der Waals surface area (Å²) in [6.07, 6.45) is 4.19. The molecule has 0 rings (SSSR count). The Morgan fingerprint density at radius 3 is 1.67 bits per heavy atom. The van der Waals surface area contributed by atoms with Crippen molar-refractivity contribution in [2.45, 2.75) is 11.9 Å². The molecule has 0 aromatic rings. The number of ether oxygens (including phenoxy) is 3. The fraction of sp³-hybridized carbons (Fsp3) is 0.455. The summed E-state index contributed by atoms with van der Waals surface area (Å²) in [5.74, 6) is 0. The molecule has 0 radical (unpaired) electrons. The SMILES string of the molecule is C=CCOC(Cl)C(OCC=C)OCC=C. The highest BCUT2D eigenvalue weighted by Crippen LogP contribution is 2.11. The molecule has 0 aromatic carbocycles. The standard InChI is InChI=1S/C11H17ClO3/c1-4-7-13-10(12)11(14-8-5-2)15-9-6-3/h4-6,10-11H,1-3,7-9H2. The van der Waals surface area contributed by atoms with Crippen molar-refractivity contribution in [3.8, 4) is 0 Å². The molecule has 3 nitrogen and oxygen atoms in total. The van der Waals surface area contributed by atoms with Crippen LogP contribution in [0.4, 0.5) is 0 Å². The van der Waals surface area contributed by atoms with Crippen molar-refractivity contribution in [2.75, 3.05) is 19.8 Å². The molecular formula is C11H17ClO3. The third-order valence-electron chi connectivity index (χ3n) is 1.34. The van der Waals surface area contributed by atoms with Gasteiger partial charge in [0.2, 0.25) is 0 Å². The molecule has 15 heavy (non-hydrogen) atoms. The maximum absolute atomic E-state index is 5.91. The predicted octanol–water partition coefficient (Wildman–Crippen LogP) is 2.49. The molecule has 0 heterocycles. The second-order valence-electron chi connectivity index (χ2n) is 2.59. The van der Waals surface area contributed by atoms with Crippen LogP contribution in [0.1, 0.15) is 0 Å². The normalized spacial score (nSPS) is 12.4. The fourth-order valence-electron chi connectivity index (χ4n) is 0.764. The molecule has 0 amide bonds. The maximum atomic E-state index is 5.91. The lowest BCUT2D eigenvalue weighted by Gasteiger charge is -2.21. The maximum Gasteiger partial charge on any atom is 0.198 e. The van der Waals surface area contributed by atoms with E-state index in [0.717, 1.165) is 0 Å². The second kappa shape index (κ2) is 9.93. The molecule has 1 unspecified atom stereocenters. The zero-order chi connectivity index (χ0) is 11.5. The molecule has 0 aliphatic carbocycles. The van der Waals surface area contributed by atoms with E-state index < -0.39 is 11.9 Å². The zero-order valence-corrected chi connectivity index (χ0v) is 9.49. The summed E-state index contributed by atoms with van der Waals surface area (Å²) in [5.41, 5.74) is -0.678. The first kappa shape index (κ1) is 14.4. The number of halogens is 1. The van der Waals surface area contributed by atoms with E-state index in [9.17, 15) is 0 Å². The molecule has 86 valence electrons. The molecule has 0 N–H and O–H groups in total. The minimum absolute atomic E-state index is 0.347. The molecular weight excluding hydrogens is 216 g/mol. The Bertz CT molecular complexity index is 182. The van der Waals surface area contributed by atoms with Gasteiger partial charge in [-0.1, -0.05) is 29.8 Å². The van der Waals surface area contributed by atoms with Crippen molar-refractivity contribution in [2.24, 2.45) is 0 Å². The minimum atomic E-state index is -0.678. The van der Waals surface area contributed by atoms with Gasteiger partial charge >= 0.3 is 0 Å².